The number of hydrogen-bond acceptors (Lipinski definition) is 4. The molecule has 0 saturated heterocycles. The smallest absolute Gasteiger partial charge is 0.239 e. The summed E-state index contributed by atoms with van der Waals surface area (Å²) in [5.41, 5.74) is 5.72. The van der Waals surface area contributed by atoms with Gasteiger partial charge in [-0.05, 0) is 12.3 Å². The Balaban J connectivity index is 4.18. The van der Waals surface area contributed by atoms with E-state index in [9.17, 15) is 13.2 Å². The average molecular weight is 250 g/mol. The predicted molar refractivity (Wildman–Crippen MR) is 64.8 cm³/mol. The van der Waals surface area contributed by atoms with E-state index in [2.05, 4.69) is 0 Å². The molecule has 0 unspecified atom stereocenters. The molecule has 0 aliphatic heterocycles. The molecule has 5 nitrogen and oxygen atoms in total. The van der Waals surface area contributed by atoms with E-state index in [0.29, 0.717) is 12.3 Å². The van der Waals surface area contributed by atoms with Crippen LogP contribution >= 0.6 is 0 Å². The number of rotatable bonds is 6. The van der Waals surface area contributed by atoms with Crippen molar-refractivity contribution < 1.29 is 13.2 Å². The lowest BCUT2D eigenvalue weighted by Gasteiger charge is -2.21. The number of amides is 1. The van der Waals surface area contributed by atoms with Crippen LogP contribution in [0.5, 0.6) is 0 Å². The van der Waals surface area contributed by atoms with Gasteiger partial charge in [0.05, 0.1) is 11.8 Å². The van der Waals surface area contributed by atoms with E-state index in [-0.39, 0.29) is 18.2 Å². The number of hydrogen-bond donors (Lipinski definition) is 1. The Bertz CT molecular complexity index is 325. The number of sulfone groups is 1. The predicted octanol–water partition coefficient (Wildman–Crippen LogP) is -0.137. The van der Waals surface area contributed by atoms with Gasteiger partial charge in [0, 0.05) is 19.8 Å². The third-order valence-corrected chi connectivity index (χ3v) is 3.14. The molecule has 6 heteroatoms. The van der Waals surface area contributed by atoms with Crippen molar-refractivity contribution in [1.29, 1.82) is 0 Å². The molecule has 0 heterocycles. The highest BCUT2D eigenvalue weighted by Crippen LogP contribution is 2.05. The molecule has 0 aliphatic carbocycles. The molecular weight excluding hydrogens is 228 g/mol. The zero-order valence-corrected chi connectivity index (χ0v) is 11.3. The Hall–Kier alpha value is -0.620. The van der Waals surface area contributed by atoms with Crippen molar-refractivity contribution in [2.45, 2.75) is 26.3 Å². The minimum Gasteiger partial charge on any atom is -0.343 e. The maximum absolute atomic E-state index is 11.7. The first-order chi connectivity index (χ1) is 7.13. The zero-order valence-electron chi connectivity index (χ0n) is 10.4. The average Bonchev–Trinajstić information content (AvgIpc) is 2.10. The summed E-state index contributed by atoms with van der Waals surface area (Å²) in [4.78, 5) is 13.1. The van der Waals surface area contributed by atoms with Crippen molar-refractivity contribution in [3.8, 4) is 0 Å². The normalized spacial score (nSPS) is 13.9. The Kier molecular flexibility index (Phi) is 5.96. The van der Waals surface area contributed by atoms with Gasteiger partial charge < -0.3 is 10.6 Å². The molecule has 0 aromatic carbocycles. The highest BCUT2D eigenvalue weighted by Gasteiger charge is 2.19. The van der Waals surface area contributed by atoms with Crippen molar-refractivity contribution in [3.05, 3.63) is 0 Å². The van der Waals surface area contributed by atoms with Gasteiger partial charge in [-0.3, -0.25) is 4.79 Å². The molecule has 2 N–H and O–H groups in total. The third kappa shape index (κ3) is 6.79. The molecule has 0 saturated carbocycles. The Labute approximate surface area is 97.9 Å². The summed E-state index contributed by atoms with van der Waals surface area (Å²) in [6, 6.07) is -0.537. The van der Waals surface area contributed by atoms with Crippen molar-refractivity contribution in [3.63, 3.8) is 0 Å². The lowest BCUT2D eigenvalue weighted by atomic mass is 10.0. The van der Waals surface area contributed by atoms with Gasteiger partial charge in [0.25, 0.3) is 0 Å². The molecular formula is C10H22N2O3S. The van der Waals surface area contributed by atoms with E-state index in [1.165, 1.54) is 4.90 Å². The van der Waals surface area contributed by atoms with Crippen LogP contribution in [-0.2, 0) is 14.6 Å². The van der Waals surface area contributed by atoms with Crippen molar-refractivity contribution >= 4 is 15.7 Å². The maximum Gasteiger partial charge on any atom is 0.239 e. The number of carbonyl (C=O) groups excluding carboxylic acids is 1. The zero-order chi connectivity index (χ0) is 12.9. The van der Waals surface area contributed by atoms with Gasteiger partial charge in [0.2, 0.25) is 5.91 Å². The SMILES string of the molecule is CC(C)C[C@@H](N)C(=O)N(C)CCS(C)(=O)=O. The van der Waals surface area contributed by atoms with E-state index >= 15 is 0 Å². The molecule has 1 atom stereocenters. The van der Waals surface area contributed by atoms with Crippen LogP contribution in [0.15, 0.2) is 0 Å². The first-order valence-electron chi connectivity index (χ1n) is 5.31. The summed E-state index contributed by atoms with van der Waals surface area (Å²) in [5, 5.41) is 0. The molecule has 0 aromatic heterocycles. The van der Waals surface area contributed by atoms with Crippen LogP contribution in [-0.4, -0.2) is 50.9 Å². The van der Waals surface area contributed by atoms with E-state index < -0.39 is 15.9 Å². The number of nitrogens with two attached hydrogens (primary N) is 1. The monoisotopic (exact) mass is 250 g/mol. The summed E-state index contributed by atoms with van der Waals surface area (Å²) in [6.07, 6.45) is 1.77. The number of likely N-dealkylation sites (N-methyl/N-ethyl adjacent to an activating group) is 1. The fourth-order valence-electron chi connectivity index (χ4n) is 1.30. The first kappa shape index (κ1) is 15.4. The minimum absolute atomic E-state index is 0.0242. The second-order valence-corrected chi connectivity index (χ2v) is 6.89. The summed E-state index contributed by atoms with van der Waals surface area (Å²) >= 11 is 0. The lowest BCUT2D eigenvalue weighted by molar-refractivity contribution is -0.131. The third-order valence-electron chi connectivity index (χ3n) is 2.22. The molecule has 0 bridgehead atoms. The second-order valence-electron chi connectivity index (χ2n) is 4.63. The van der Waals surface area contributed by atoms with Crippen LogP contribution < -0.4 is 5.73 Å². The van der Waals surface area contributed by atoms with Crippen molar-refractivity contribution in [2.24, 2.45) is 11.7 Å². The van der Waals surface area contributed by atoms with E-state index in [1.54, 1.807) is 7.05 Å². The van der Waals surface area contributed by atoms with Gasteiger partial charge in [0.15, 0.2) is 0 Å². The van der Waals surface area contributed by atoms with Crippen LogP contribution in [0.4, 0.5) is 0 Å². The highest BCUT2D eigenvalue weighted by molar-refractivity contribution is 7.90. The summed E-state index contributed by atoms with van der Waals surface area (Å²) in [7, 11) is -1.46. The Morgan fingerprint density at radius 1 is 1.38 bits per heavy atom. The molecule has 16 heavy (non-hydrogen) atoms. The summed E-state index contributed by atoms with van der Waals surface area (Å²) in [5.74, 6) is 0.128. The van der Waals surface area contributed by atoms with Gasteiger partial charge >= 0.3 is 0 Å². The molecule has 0 fully saturated rings. The highest BCUT2D eigenvalue weighted by atomic mass is 32.2. The molecule has 0 aromatic rings. The Morgan fingerprint density at radius 3 is 2.25 bits per heavy atom. The summed E-state index contributed by atoms with van der Waals surface area (Å²) < 4.78 is 21.9. The number of nitrogens with zero attached hydrogens (tertiary/aromatic N) is 1. The largest absolute Gasteiger partial charge is 0.343 e. The lowest BCUT2D eigenvalue weighted by Crippen LogP contribution is -2.44. The van der Waals surface area contributed by atoms with Gasteiger partial charge in [-0.15, -0.1) is 0 Å². The molecule has 0 rings (SSSR count). The molecule has 96 valence electrons. The molecule has 0 spiro atoms. The van der Waals surface area contributed by atoms with Gasteiger partial charge in [-0.1, -0.05) is 13.8 Å². The molecule has 1 amide bonds. The van der Waals surface area contributed by atoms with Crippen LogP contribution in [0.1, 0.15) is 20.3 Å². The number of carbonyl (C=O) groups is 1. The van der Waals surface area contributed by atoms with Crippen LogP contribution in [0.25, 0.3) is 0 Å². The van der Waals surface area contributed by atoms with Crippen molar-refractivity contribution in [2.75, 3.05) is 25.6 Å². The van der Waals surface area contributed by atoms with E-state index in [4.69, 9.17) is 5.73 Å². The first-order valence-corrected chi connectivity index (χ1v) is 7.38. The fraction of sp³-hybridized carbons (Fsp3) is 0.900. The van der Waals surface area contributed by atoms with Gasteiger partial charge in [0.1, 0.15) is 9.84 Å². The van der Waals surface area contributed by atoms with E-state index in [1.807, 2.05) is 13.8 Å². The van der Waals surface area contributed by atoms with Crippen LogP contribution in [0.2, 0.25) is 0 Å². The second kappa shape index (κ2) is 6.20. The Morgan fingerprint density at radius 2 is 1.88 bits per heavy atom. The van der Waals surface area contributed by atoms with E-state index in [0.717, 1.165) is 6.26 Å². The fourth-order valence-corrected chi connectivity index (χ4v) is 1.91. The van der Waals surface area contributed by atoms with Crippen LogP contribution in [0, 0.1) is 5.92 Å². The van der Waals surface area contributed by atoms with Gasteiger partial charge in [-0.2, -0.15) is 0 Å². The van der Waals surface area contributed by atoms with Crippen molar-refractivity contribution in [1.82, 2.24) is 4.90 Å². The standard InChI is InChI=1S/C10H22N2O3S/c1-8(2)7-9(11)10(13)12(3)5-6-16(4,14)15/h8-9H,5-7,11H2,1-4H3/t9-/m1/s1. The maximum atomic E-state index is 11.7. The van der Waals surface area contributed by atoms with Gasteiger partial charge in [-0.25, -0.2) is 8.42 Å². The van der Waals surface area contributed by atoms with Crippen LogP contribution in [0.3, 0.4) is 0 Å². The summed E-state index contributed by atoms with van der Waals surface area (Å²) in [6.45, 7) is 4.18. The molecule has 0 radical (unpaired) electrons. The molecule has 0 aliphatic rings. The minimum atomic E-state index is -3.04. The topological polar surface area (TPSA) is 80.5 Å². The quantitative estimate of drug-likeness (QED) is 0.711.